The molecule has 3 atom stereocenters. The Morgan fingerprint density at radius 1 is 1.69 bits per heavy atom. The lowest BCUT2D eigenvalue weighted by Gasteiger charge is -2.21. The summed E-state index contributed by atoms with van der Waals surface area (Å²) in [4.78, 5) is 21.7. The summed E-state index contributed by atoms with van der Waals surface area (Å²) in [7, 11) is 1.09. The Balaban J connectivity index is 2.90. The average Bonchev–Trinajstić information content (AvgIpc) is 2.28. The molecule has 6 nitrogen and oxygen atoms in total. The molecule has 1 aliphatic heterocycles. The number of ether oxygens (including phenoxy) is 2. The van der Waals surface area contributed by atoms with Gasteiger partial charge in [0.2, 0.25) is 6.10 Å². The lowest BCUT2D eigenvalue weighted by Crippen LogP contribution is -2.48. The summed E-state index contributed by atoms with van der Waals surface area (Å²) in [5.74, 6) is -1.92. The normalized spacial score (nSPS) is 38.6. The van der Waals surface area contributed by atoms with Crippen molar-refractivity contribution >= 4 is 11.9 Å². The standard InChI is InChI=1S/C7H10O6/c1-7(11)3(8)5(9)13-4(7)6(10)12-2/h3-4,8,11H,1-2H3/t3-,4-,7-/m1/s1. The third-order valence-electron chi connectivity index (χ3n) is 1.96. The summed E-state index contributed by atoms with van der Waals surface area (Å²) < 4.78 is 8.71. The third-order valence-corrected chi connectivity index (χ3v) is 1.96. The number of cyclic esters (lactones) is 1. The highest BCUT2D eigenvalue weighted by Crippen LogP contribution is 2.27. The molecule has 13 heavy (non-hydrogen) atoms. The Hall–Kier alpha value is -1.14. The van der Waals surface area contributed by atoms with Gasteiger partial charge in [0.15, 0.2) is 6.10 Å². The van der Waals surface area contributed by atoms with E-state index in [0.717, 1.165) is 14.0 Å². The van der Waals surface area contributed by atoms with Crippen molar-refractivity contribution in [1.82, 2.24) is 0 Å². The van der Waals surface area contributed by atoms with Crippen LogP contribution in [0, 0.1) is 0 Å². The lowest BCUT2D eigenvalue weighted by molar-refractivity contribution is -0.166. The van der Waals surface area contributed by atoms with Gasteiger partial charge in [-0.25, -0.2) is 9.59 Å². The van der Waals surface area contributed by atoms with Crippen molar-refractivity contribution < 1.29 is 29.3 Å². The van der Waals surface area contributed by atoms with E-state index < -0.39 is 29.7 Å². The summed E-state index contributed by atoms with van der Waals surface area (Å²) in [6, 6.07) is 0. The molecule has 0 amide bonds. The predicted molar refractivity (Wildman–Crippen MR) is 38.5 cm³/mol. The molecule has 1 heterocycles. The number of hydrogen-bond donors (Lipinski definition) is 2. The van der Waals surface area contributed by atoms with E-state index in [-0.39, 0.29) is 0 Å². The van der Waals surface area contributed by atoms with Crippen LogP contribution in [0.25, 0.3) is 0 Å². The lowest BCUT2D eigenvalue weighted by atomic mass is 9.95. The molecule has 0 bridgehead atoms. The van der Waals surface area contributed by atoms with Crippen molar-refractivity contribution in [3.05, 3.63) is 0 Å². The molecule has 1 aliphatic rings. The Morgan fingerprint density at radius 3 is 2.54 bits per heavy atom. The van der Waals surface area contributed by atoms with Crippen LogP contribution in [0.1, 0.15) is 6.92 Å². The smallest absolute Gasteiger partial charge is 0.350 e. The van der Waals surface area contributed by atoms with Crippen LogP contribution < -0.4 is 0 Å². The highest BCUT2D eigenvalue weighted by molar-refractivity contribution is 5.88. The van der Waals surface area contributed by atoms with Gasteiger partial charge in [-0.2, -0.15) is 0 Å². The second-order valence-corrected chi connectivity index (χ2v) is 2.97. The number of methoxy groups -OCH3 is 1. The van der Waals surface area contributed by atoms with Crippen molar-refractivity contribution in [2.75, 3.05) is 7.11 Å². The van der Waals surface area contributed by atoms with Crippen LogP contribution in [0.15, 0.2) is 0 Å². The fraction of sp³-hybridized carbons (Fsp3) is 0.714. The van der Waals surface area contributed by atoms with Crippen molar-refractivity contribution in [3.63, 3.8) is 0 Å². The Labute approximate surface area is 74.1 Å². The van der Waals surface area contributed by atoms with E-state index in [1.807, 2.05) is 0 Å². The minimum atomic E-state index is -1.93. The molecule has 1 saturated heterocycles. The van der Waals surface area contributed by atoms with Gasteiger partial charge in [-0.1, -0.05) is 0 Å². The van der Waals surface area contributed by atoms with Crippen LogP contribution in [0.3, 0.4) is 0 Å². The monoisotopic (exact) mass is 190 g/mol. The van der Waals surface area contributed by atoms with Crippen LogP contribution in [0.4, 0.5) is 0 Å². The van der Waals surface area contributed by atoms with Gasteiger partial charge in [0.25, 0.3) is 0 Å². The number of hydrogen-bond acceptors (Lipinski definition) is 6. The van der Waals surface area contributed by atoms with Gasteiger partial charge in [-0.15, -0.1) is 0 Å². The number of carbonyl (C=O) groups excluding carboxylic acids is 2. The third kappa shape index (κ3) is 1.38. The van der Waals surface area contributed by atoms with Crippen LogP contribution in [0.2, 0.25) is 0 Å². The van der Waals surface area contributed by atoms with E-state index in [0.29, 0.717) is 0 Å². The van der Waals surface area contributed by atoms with Crippen LogP contribution in [-0.2, 0) is 19.1 Å². The van der Waals surface area contributed by atoms with E-state index >= 15 is 0 Å². The Morgan fingerprint density at radius 2 is 2.23 bits per heavy atom. The zero-order chi connectivity index (χ0) is 10.2. The molecule has 0 aromatic heterocycles. The summed E-state index contributed by atoms with van der Waals surface area (Å²) in [5.41, 5.74) is -1.93. The molecule has 1 fully saturated rings. The first kappa shape index (κ1) is 9.94. The van der Waals surface area contributed by atoms with Crippen LogP contribution in [-0.4, -0.2) is 47.1 Å². The average molecular weight is 190 g/mol. The molecular formula is C7H10O6. The van der Waals surface area contributed by atoms with Gasteiger partial charge in [0, 0.05) is 0 Å². The maximum absolute atomic E-state index is 11.0. The molecule has 6 heteroatoms. The SMILES string of the molecule is COC(=O)[C@H]1OC(=O)[C@@H](O)[C@@]1(C)O. The first-order chi connectivity index (χ1) is 5.91. The van der Waals surface area contributed by atoms with E-state index in [2.05, 4.69) is 9.47 Å². The number of aliphatic hydroxyl groups excluding tert-OH is 1. The van der Waals surface area contributed by atoms with Crippen LogP contribution >= 0.6 is 0 Å². The molecule has 0 saturated carbocycles. The van der Waals surface area contributed by atoms with Gasteiger partial charge in [0.05, 0.1) is 7.11 Å². The Kier molecular flexibility index (Phi) is 2.27. The molecule has 74 valence electrons. The van der Waals surface area contributed by atoms with Gasteiger partial charge < -0.3 is 19.7 Å². The van der Waals surface area contributed by atoms with Gasteiger partial charge in [-0.05, 0) is 6.92 Å². The molecule has 0 spiro atoms. The topological polar surface area (TPSA) is 93.1 Å². The maximum Gasteiger partial charge on any atom is 0.350 e. The summed E-state index contributed by atoms with van der Waals surface area (Å²) in [6.07, 6.45) is -3.17. The quantitative estimate of drug-likeness (QED) is 0.474. The molecule has 0 aromatic rings. The first-order valence-corrected chi connectivity index (χ1v) is 3.60. The van der Waals surface area contributed by atoms with Crippen molar-refractivity contribution in [2.45, 2.75) is 24.7 Å². The maximum atomic E-state index is 11.0. The summed E-state index contributed by atoms with van der Waals surface area (Å²) >= 11 is 0. The van der Waals surface area contributed by atoms with Crippen molar-refractivity contribution in [1.29, 1.82) is 0 Å². The second-order valence-electron chi connectivity index (χ2n) is 2.97. The summed E-state index contributed by atoms with van der Waals surface area (Å²) in [5, 5.41) is 18.6. The number of esters is 2. The second kappa shape index (κ2) is 2.97. The van der Waals surface area contributed by atoms with Crippen LogP contribution in [0.5, 0.6) is 0 Å². The molecule has 0 aliphatic carbocycles. The number of aliphatic hydroxyl groups is 2. The minimum Gasteiger partial charge on any atom is -0.466 e. The molecule has 0 radical (unpaired) electrons. The van der Waals surface area contributed by atoms with Gasteiger partial charge in [-0.3, -0.25) is 0 Å². The zero-order valence-corrected chi connectivity index (χ0v) is 7.18. The zero-order valence-electron chi connectivity index (χ0n) is 7.18. The number of carbonyl (C=O) groups is 2. The van der Waals surface area contributed by atoms with Gasteiger partial charge >= 0.3 is 11.9 Å². The summed E-state index contributed by atoms with van der Waals surface area (Å²) in [6.45, 7) is 1.13. The van der Waals surface area contributed by atoms with Gasteiger partial charge in [0.1, 0.15) is 5.60 Å². The molecule has 2 N–H and O–H groups in total. The van der Waals surface area contributed by atoms with E-state index in [1.165, 1.54) is 0 Å². The fourth-order valence-corrected chi connectivity index (χ4v) is 1.08. The number of rotatable bonds is 1. The molecular weight excluding hydrogens is 180 g/mol. The van der Waals surface area contributed by atoms with E-state index in [4.69, 9.17) is 5.11 Å². The Bertz CT molecular complexity index is 245. The molecule has 1 rings (SSSR count). The van der Waals surface area contributed by atoms with E-state index in [9.17, 15) is 14.7 Å². The van der Waals surface area contributed by atoms with Crippen molar-refractivity contribution in [3.8, 4) is 0 Å². The predicted octanol–water partition coefficient (Wildman–Crippen LogP) is -1.80. The van der Waals surface area contributed by atoms with Crippen molar-refractivity contribution in [2.24, 2.45) is 0 Å². The fourth-order valence-electron chi connectivity index (χ4n) is 1.08. The first-order valence-electron chi connectivity index (χ1n) is 3.60. The molecule has 0 unspecified atom stereocenters. The highest BCUT2D eigenvalue weighted by atomic mass is 16.6. The molecule has 0 aromatic carbocycles. The minimum absolute atomic E-state index is 0.894. The largest absolute Gasteiger partial charge is 0.466 e. The van der Waals surface area contributed by atoms with E-state index in [1.54, 1.807) is 0 Å². The highest BCUT2D eigenvalue weighted by Gasteiger charge is 2.56.